The molecule has 1 saturated carbocycles. The Morgan fingerprint density at radius 2 is 1.76 bits per heavy atom. The van der Waals surface area contributed by atoms with E-state index in [1.807, 2.05) is 6.33 Å². The first-order chi connectivity index (χ1) is 16.5. The van der Waals surface area contributed by atoms with Gasteiger partial charge in [-0.1, -0.05) is 42.0 Å². The molecular weight excluding hydrogens is 424 g/mol. The number of nitrogens with zero attached hydrogens (tertiary/aromatic N) is 5. The summed E-state index contributed by atoms with van der Waals surface area (Å²) in [5, 5.41) is 5.83. The summed E-state index contributed by atoms with van der Waals surface area (Å²) >= 11 is 0. The van der Waals surface area contributed by atoms with E-state index in [0.717, 1.165) is 68.6 Å². The summed E-state index contributed by atoms with van der Waals surface area (Å²) in [6, 6.07) is 11.5. The molecule has 0 radical (unpaired) electrons. The van der Waals surface area contributed by atoms with Gasteiger partial charge < -0.3 is 21.0 Å². The third kappa shape index (κ3) is 5.23. The van der Waals surface area contributed by atoms with Gasteiger partial charge in [0, 0.05) is 31.2 Å². The first kappa shape index (κ1) is 22.8. The molecule has 1 aliphatic carbocycles. The maximum atomic E-state index is 6.09. The van der Waals surface area contributed by atoms with Crippen molar-refractivity contribution in [3.63, 3.8) is 0 Å². The highest BCUT2D eigenvalue weighted by Crippen LogP contribution is 2.27. The van der Waals surface area contributed by atoms with E-state index in [0.29, 0.717) is 18.0 Å². The lowest BCUT2D eigenvalue weighted by molar-refractivity contribution is 0.308. The predicted octanol–water partition coefficient (Wildman–Crippen LogP) is 4.60. The summed E-state index contributed by atoms with van der Waals surface area (Å²) in [5.41, 5.74) is 14.1. The minimum absolute atomic E-state index is 0.272. The molecule has 0 spiro atoms. The summed E-state index contributed by atoms with van der Waals surface area (Å²) in [4.78, 5) is 14.4. The number of fused-ring (bicyclic) bond motifs is 1. The average molecular weight is 461 g/mol. The Labute approximate surface area is 201 Å². The molecule has 34 heavy (non-hydrogen) atoms. The molecule has 2 aliphatic rings. The second-order valence-corrected chi connectivity index (χ2v) is 9.88. The third-order valence-corrected chi connectivity index (χ3v) is 6.92. The van der Waals surface area contributed by atoms with Crippen molar-refractivity contribution in [2.24, 2.45) is 5.73 Å². The first-order valence-electron chi connectivity index (χ1n) is 12.6. The van der Waals surface area contributed by atoms with Gasteiger partial charge in [-0.3, -0.25) is 0 Å². The summed E-state index contributed by atoms with van der Waals surface area (Å²) < 4.78 is 2.11. The van der Waals surface area contributed by atoms with Crippen LogP contribution in [0.15, 0.2) is 42.2 Å². The Morgan fingerprint density at radius 1 is 1.03 bits per heavy atom. The first-order valence-corrected chi connectivity index (χ1v) is 12.6. The Balaban J connectivity index is 1.33. The van der Waals surface area contributed by atoms with E-state index in [2.05, 4.69) is 75.6 Å². The number of nitrogens with two attached hydrogens (primary N) is 1. The molecule has 4 N–H and O–H groups in total. The van der Waals surface area contributed by atoms with Crippen LogP contribution in [0.25, 0.3) is 17.2 Å². The number of hydrogen-bond donors (Lipinski definition) is 3. The zero-order valence-electron chi connectivity index (χ0n) is 20.2. The van der Waals surface area contributed by atoms with E-state index < -0.39 is 0 Å². The van der Waals surface area contributed by atoms with Gasteiger partial charge in [-0.05, 0) is 57.9 Å². The number of piperidine rings is 1. The SMILES string of the molecule is CC(C)n1cnc2c(NN3CCC(=Cc4ccccc4)CC3)nc(NC3CCC(N)CC3)nc21. The Hall–Kier alpha value is -2.97. The van der Waals surface area contributed by atoms with Crippen molar-refractivity contribution >= 4 is 29.0 Å². The molecule has 0 atom stereocenters. The minimum atomic E-state index is 0.272. The van der Waals surface area contributed by atoms with Crippen molar-refractivity contribution in [3.8, 4) is 0 Å². The predicted molar refractivity (Wildman–Crippen MR) is 138 cm³/mol. The van der Waals surface area contributed by atoms with E-state index >= 15 is 0 Å². The van der Waals surface area contributed by atoms with Crippen LogP contribution in [-0.4, -0.2) is 49.7 Å². The molecule has 5 rings (SSSR count). The number of hydrazine groups is 1. The topological polar surface area (TPSA) is 96.9 Å². The number of rotatable bonds is 6. The Kier molecular flexibility index (Phi) is 6.78. The van der Waals surface area contributed by atoms with Crippen molar-refractivity contribution in [1.82, 2.24) is 24.5 Å². The number of benzene rings is 1. The molecule has 8 nitrogen and oxygen atoms in total. The van der Waals surface area contributed by atoms with Gasteiger partial charge in [-0.25, -0.2) is 9.99 Å². The van der Waals surface area contributed by atoms with Gasteiger partial charge in [0.25, 0.3) is 0 Å². The maximum Gasteiger partial charge on any atom is 0.227 e. The highest BCUT2D eigenvalue weighted by Gasteiger charge is 2.22. The van der Waals surface area contributed by atoms with Gasteiger partial charge in [-0.2, -0.15) is 9.97 Å². The lowest BCUT2D eigenvalue weighted by Gasteiger charge is -2.30. The molecule has 1 saturated heterocycles. The van der Waals surface area contributed by atoms with Crippen LogP contribution in [0.2, 0.25) is 0 Å². The molecular formula is C26H36N8. The van der Waals surface area contributed by atoms with Gasteiger partial charge in [0.05, 0.1) is 6.33 Å². The summed E-state index contributed by atoms with van der Waals surface area (Å²) in [6.07, 6.45) is 10.4. The molecule has 3 aromatic rings. The van der Waals surface area contributed by atoms with Crippen molar-refractivity contribution < 1.29 is 0 Å². The summed E-state index contributed by atoms with van der Waals surface area (Å²) in [7, 11) is 0. The van der Waals surface area contributed by atoms with Gasteiger partial charge in [0.15, 0.2) is 17.0 Å². The molecule has 3 heterocycles. The number of nitrogens with one attached hydrogen (secondary N) is 2. The molecule has 1 aromatic carbocycles. The molecule has 2 aromatic heterocycles. The lowest BCUT2D eigenvalue weighted by atomic mass is 9.92. The van der Waals surface area contributed by atoms with Crippen LogP contribution in [0.3, 0.4) is 0 Å². The Morgan fingerprint density at radius 3 is 2.47 bits per heavy atom. The quantitative estimate of drug-likeness (QED) is 0.495. The van der Waals surface area contributed by atoms with Crippen LogP contribution in [0.5, 0.6) is 0 Å². The summed E-state index contributed by atoms with van der Waals surface area (Å²) in [5.74, 6) is 1.44. The minimum Gasteiger partial charge on any atom is -0.351 e. The lowest BCUT2D eigenvalue weighted by Crippen LogP contribution is -2.36. The molecule has 180 valence electrons. The Bertz CT molecular complexity index is 1120. The zero-order valence-corrected chi connectivity index (χ0v) is 20.2. The number of hydrogen-bond acceptors (Lipinski definition) is 7. The van der Waals surface area contributed by atoms with Crippen molar-refractivity contribution in [2.45, 2.75) is 70.5 Å². The second kappa shape index (κ2) is 10.1. The molecule has 1 aliphatic heterocycles. The van der Waals surface area contributed by atoms with E-state index in [1.165, 1.54) is 11.1 Å². The van der Waals surface area contributed by atoms with E-state index in [4.69, 9.17) is 15.7 Å². The maximum absolute atomic E-state index is 6.09. The fourth-order valence-electron chi connectivity index (χ4n) is 4.87. The van der Waals surface area contributed by atoms with Crippen LogP contribution in [0, 0.1) is 0 Å². The second-order valence-electron chi connectivity index (χ2n) is 9.88. The van der Waals surface area contributed by atoms with Crippen LogP contribution >= 0.6 is 0 Å². The number of anilines is 2. The van der Waals surface area contributed by atoms with E-state index in [9.17, 15) is 0 Å². The third-order valence-electron chi connectivity index (χ3n) is 6.92. The number of imidazole rings is 1. The van der Waals surface area contributed by atoms with Gasteiger partial charge in [0.1, 0.15) is 0 Å². The molecule has 0 bridgehead atoms. The fraction of sp³-hybridized carbons (Fsp3) is 0.500. The van der Waals surface area contributed by atoms with Gasteiger partial charge in [-0.15, -0.1) is 0 Å². The van der Waals surface area contributed by atoms with Gasteiger partial charge in [0.2, 0.25) is 5.95 Å². The molecule has 0 amide bonds. The monoisotopic (exact) mass is 460 g/mol. The standard InChI is InChI=1S/C26H36N8/c1-18(2)34-17-28-23-24(30-26(31-25(23)34)29-22-10-8-21(27)9-11-22)32-33-14-12-20(13-15-33)16-19-6-4-3-5-7-19/h3-7,16-18,21-22H,8-15,27H2,1-2H3,(H2,29,30,31,32). The molecule has 0 unspecified atom stereocenters. The number of aromatic nitrogens is 4. The van der Waals surface area contributed by atoms with Crippen molar-refractivity contribution in [2.75, 3.05) is 23.8 Å². The zero-order chi connectivity index (χ0) is 23.5. The smallest absolute Gasteiger partial charge is 0.227 e. The van der Waals surface area contributed by atoms with Crippen LogP contribution in [0.4, 0.5) is 11.8 Å². The van der Waals surface area contributed by atoms with E-state index in [1.54, 1.807) is 0 Å². The molecule has 2 fully saturated rings. The highest BCUT2D eigenvalue weighted by molar-refractivity contribution is 5.84. The van der Waals surface area contributed by atoms with Crippen molar-refractivity contribution in [1.29, 1.82) is 0 Å². The highest BCUT2D eigenvalue weighted by atomic mass is 15.5. The largest absolute Gasteiger partial charge is 0.351 e. The van der Waals surface area contributed by atoms with Crippen LogP contribution in [0.1, 0.15) is 64.0 Å². The molecule has 8 heteroatoms. The fourth-order valence-corrected chi connectivity index (χ4v) is 4.87. The van der Waals surface area contributed by atoms with Crippen LogP contribution in [-0.2, 0) is 0 Å². The van der Waals surface area contributed by atoms with Gasteiger partial charge >= 0.3 is 0 Å². The van der Waals surface area contributed by atoms with Crippen LogP contribution < -0.4 is 16.5 Å². The summed E-state index contributed by atoms with van der Waals surface area (Å²) in [6.45, 7) is 6.16. The normalized spacial score (nSPS) is 21.7. The average Bonchev–Trinajstić information content (AvgIpc) is 3.27. The van der Waals surface area contributed by atoms with Crippen molar-refractivity contribution in [3.05, 3.63) is 47.8 Å². The van der Waals surface area contributed by atoms with E-state index in [-0.39, 0.29) is 6.04 Å².